The summed E-state index contributed by atoms with van der Waals surface area (Å²) in [5.74, 6) is 0.812. The van der Waals surface area contributed by atoms with E-state index in [2.05, 4.69) is 34.0 Å². The van der Waals surface area contributed by atoms with Crippen molar-refractivity contribution >= 4 is 17.6 Å². The number of piperidine rings is 1. The van der Waals surface area contributed by atoms with Crippen LogP contribution in [-0.2, 0) is 4.74 Å². The molecule has 1 saturated heterocycles. The van der Waals surface area contributed by atoms with Crippen LogP contribution in [0.15, 0.2) is 41.4 Å². The maximum Gasteiger partial charge on any atom is 0.191 e. The Kier molecular flexibility index (Phi) is 8.42. The normalized spacial score (nSPS) is 17.8. The molecule has 144 valence electrons. The van der Waals surface area contributed by atoms with Gasteiger partial charge in [0.25, 0.3) is 0 Å². The third-order valence-corrected chi connectivity index (χ3v) is 4.84. The van der Waals surface area contributed by atoms with E-state index in [4.69, 9.17) is 16.3 Å². The van der Waals surface area contributed by atoms with Gasteiger partial charge in [-0.1, -0.05) is 35.9 Å². The standard InChI is InChI=1S/C20H31ClN4O/c1-15(2)14-25-10-8-18(9-11-25)24-20(22-3)23-13-19(26-4)16-6-5-7-17(21)12-16/h5-7,12,18-19H,1,8-11,13-14H2,2-4H3,(H2,22,23,24). The van der Waals surface area contributed by atoms with Gasteiger partial charge in [0.15, 0.2) is 5.96 Å². The number of methoxy groups -OCH3 is 1. The van der Waals surface area contributed by atoms with Gasteiger partial charge in [-0.15, -0.1) is 0 Å². The first kappa shape index (κ1) is 20.7. The summed E-state index contributed by atoms with van der Waals surface area (Å²) in [5.41, 5.74) is 2.27. The highest BCUT2D eigenvalue weighted by atomic mass is 35.5. The number of likely N-dealkylation sites (tertiary alicyclic amines) is 1. The van der Waals surface area contributed by atoms with Crippen molar-refractivity contribution in [2.45, 2.75) is 31.9 Å². The molecule has 1 aliphatic heterocycles. The van der Waals surface area contributed by atoms with Crippen LogP contribution in [0.25, 0.3) is 0 Å². The Labute approximate surface area is 162 Å². The monoisotopic (exact) mass is 378 g/mol. The van der Waals surface area contributed by atoms with Crippen molar-refractivity contribution in [2.24, 2.45) is 4.99 Å². The zero-order chi connectivity index (χ0) is 18.9. The largest absolute Gasteiger partial charge is 0.375 e. The molecule has 0 amide bonds. The van der Waals surface area contributed by atoms with E-state index in [-0.39, 0.29) is 6.10 Å². The van der Waals surface area contributed by atoms with Crippen LogP contribution >= 0.6 is 11.6 Å². The van der Waals surface area contributed by atoms with Gasteiger partial charge in [-0.05, 0) is 37.5 Å². The molecule has 1 atom stereocenters. The highest BCUT2D eigenvalue weighted by Crippen LogP contribution is 2.19. The number of nitrogens with one attached hydrogen (secondary N) is 2. The molecule has 0 radical (unpaired) electrons. The summed E-state index contributed by atoms with van der Waals surface area (Å²) in [5, 5.41) is 7.62. The van der Waals surface area contributed by atoms with E-state index in [9.17, 15) is 0 Å². The van der Waals surface area contributed by atoms with Crippen molar-refractivity contribution in [3.8, 4) is 0 Å². The van der Waals surface area contributed by atoms with Crippen molar-refractivity contribution < 1.29 is 4.74 Å². The van der Waals surface area contributed by atoms with Gasteiger partial charge >= 0.3 is 0 Å². The summed E-state index contributed by atoms with van der Waals surface area (Å²) >= 11 is 6.09. The Morgan fingerprint density at radius 1 is 1.42 bits per heavy atom. The first-order valence-corrected chi connectivity index (χ1v) is 9.51. The summed E-state index contributed by atoms with van der Waals surface area (Å²) in [6.45, 7) is 9.89. The SMILES string of the molecule is C=C(C)CN1CCC(NC(=NC)NCC(OC)c2cccc(Cl)c2)CC1. The molecule has 6 heteroatoms. The second-order valence-electron chi connectivity index (χ2n) is 6.88. The predicted octanol–water partition coefficient (Wildman–Crippen LogP) is 3.23. The number of halogens is 1. The molecular weight excluding hydrogens is 348 g/mol. The molecule has 26 heavy (non-hydrogen) atoms. The van der Waals surface area contributed by atoms with Crippen molar-refractivity contribution in [2.75, 3.05) is 40.3 Å². The average Bonchev–Trinajstić information content (AvgIpc) is 2.62. The smallest absolute Gasteiger partial charge is 0.191 e. The number of nitrogens with zero attached hydrogens (tertiary/aromatic N) is 2. The molecule has 1 heterocycles. The summed E-state index contributed by atoms with van der Waals surface area (Å²) in [6, 6.07) is 8.21. The Balaban J connectivity index is 1.81. The third-order valence-electron chi connectivity index (χ3n) is 4.61. The molecule has 0 spiro atoms. The van der Waals surface area contributed by atoms with Crippen LogP contribution in [0.1, 0.15) is 31.4 Å². The second kappa shape index (κ2) is 10.6. The minimum Gasteiger partial charge on any atom is -0.375 e. The maximum absolute atomic E-state index is 6.09. The first-order valence-electron chi connectivity index (χ1n) is 9.14. The minimum absolute atomic E-state index is 0.0790. The molecular formula is C20H31ClN4O. The zero-order valence-corrected chi connectivity index (χ0v) is 16.9. The average molecular weight is 379 g/mol. The zero-order valence-electron chi connectivity index (χ0n) is 16.1. The summed E-state index contributed by atoms with van der Waals surface area (Å²) in [4.78, 5) is 6.81. The quantitative estimate of drug-likeness (QED) is 0.434. The van der Waals surface area contributed by atoms with Gasteiger partial charge in [0.05, 0.1) is 6.10 Å². The molecule has 1 aromatic carbocycles. The first-order chi connectivity index (χ1) is 12.5. The van der Waals surface area contributed by atoms with E-state index in [1.54, 1.807) is 14.2 Å². The van der Waals surface area contributed by atoms with Crippen molar-refractivity contribution in [1.29, 1.82) is 0 Å². The van der Waals surface area contributed by atoms with Crippen LogP contribution < -0.4 is 10.6 Å². The Bertz CT molecular complexity index is 612. The van der Waals surface area contributed by atoms with Gasteiger partial charge in [0, 0.05) is 51.4 Å². The van der Waals surface area contributed by atoms with Crippen LogP contribution in [0.4, 0.5) is 0 Å². The van der Waals surface area contributed by atoms with Crippen LogP contribution in [0, 0.1) is 0 Å². The summed E-state index contributed by atoms with van der Waals surface area (Å²) in [6.07, 6.45) is 2.14. The maximum atomic E-state index is 6.09. The Hall–Kier alpha value is -1.56. The number of benzene rings is 1. The number of hydrogen-bond acceptors (Lipinski definition) is 3. The van der Waals surface area contributed by atoms with Crippen molar-refractivity contribution in [1.82, 2.24) is 15.5 Å². The molecule has 0 aromatic heterocycles. The van der Waals surface area contributed by atoms with Crippen LogP contribution in [0.2, 0.25) is 5.02 Å². The van der Waals surface area contributed by atoms with E-state index in [0.29, 0.717) is 17.6 Å². The van der Waals surface area contributed by atoms with Gasteiger partial charge in [0.2, 0.25) is 0 Å². The van der Waals surface area contributed by atoms with Gasteiger partial charge < -0.3 is 15.4 Å². The van der Waals surface area contributed by atoms with E-state index < -0.39 is 0 Å². The predicted molar refractivity (Wildman–Crippen MR) is 110 cm³/mol. The van der Waals surface area contributed by atoms with Gasteiger partial charge in [-0.3, -0.25) is 9.89 Å². The fraction of sp³-hybridized carbons (Fsp3) is 0.550. The lowest BCUT2D eigenvalue weighted by atomic mass is 10.0. The molecule has 5 nitrogen and oxygen atoms in total. The van der Waals surface area contributed by atoms with Crippen LogP contribution in [0.5, 0.6) is 0 Å². The van der Waals surface area contributed by atoms with E-state index in [1.807, 2.05) is 24.3 Å². The molecule has 0 bridgehead atoms. The minimum atomic E-state index is -0.0790. The van der Waals surface area contributed by atoms with Gasteiger partial charge in [-0.25, -0.2) is 0 Å². The van der Waals surface area contributed by atoms with E-state index in [0.717, 1.165) is 44.0 Å². The summed E-state index contributed by atoms with van der Waals surface area (Å²) < 4.78 is 5.61. The molecule has 1 aliphatic rings. The highest BCUT2D eigenvalue weighted by molar-refractivity contribution is 6.30. The van der Waals surface area contributed by atoms with Crippen molar-refractivity contribution in [3.63, 3.8) is 0 Å². The lowest BCUT2D eigenvalue weighted by Gasteiger charge is -2.33. The third kappa shape index (κ3) is 6.63. The Morgan fingerprint density at radius 3 is 2.73 bits per heavy atom. The topological polar surface area (TPSA) is 48.9 Å². The van der Waals surface area contributed by atoms with Gasteiger partial charge in [0.1, 0.15) is 0 Å². The number of ether oxygens (including phenoxy) is 1. The number of hydrogen-bond donors (Lipinski definition) is 2. The van der Waals surface area contributed by atoms with Crippen LogP contribution in [-0.4, -0.2) is 57.2 Å². The lowest BCUT2D eigenvalue weighted by molar-refractivity contribution is 0.106. The molecule has 2 rings (SSSR count). The molecule has 1 unspecified atom stereocenters. The lowest BCUT2D eigenvalue weighted by Crippen LogP contribution is -2.49. The van der Waals surface area contributed by atoms with Gasteiger partial charge in [-0.2, -0.15) is 0 Å². The molecule has 0 saturated carbocycles. The summed E-state index contributed by atoms with van der Waals surface area (Å²) in [7, 11) is 3.51. The number of guanidine groups is 1. The highest BCUT2D eigenvalue weighted by Gasteiger charge is 2.20. The molecule has 1 fully saturated rings. The van der Waals surface area contributed by atoms with Crippen molar-refractivity contribution in [3.05, 3.63) is 47.0 Å². The molecule has 1 aromatic rings. The number of aliphatic imine (C=N–C) groups is 1. The van der Waals surface area contributed by atoms with Crippen LogP contribution in [0.3, 0.4) is 0 Å². The second-order valence-corrected chi connectivity index (χ2v) is 7.32. The fourth-order valence-electron chi connectivity index (χ4n) is 3.24. The number of rotatable bonds is 7. The molecule has 2 N–H and O–H groups in total. The fourth-order valence-corrected chi connectivity index (χ4v) is 3.44. The Morgan fingerprint density at radius 2 is 2.15 bits per heavy atom. The molecule has 0 aliphatic carbocycles. The van der Waals surface area contributed by atoms with E-state index >= 15 is 0 Å². The van der Waals surface area contributed by atoms with E-state index in [1.165, 1.54) is 5.57 Å².